The van der Waals surface area contributed by atoms with Crippen LogP contribution in [-0.4, -0.2) is 24.4 Å². The van der Waals surface area contributed by atoms with Crippen LogP contribution in [-0.2, 0) is 4.74 Å². The second kappa shape index (κ2) is 6.82. The molecule has 0 saturated heterocycles. The maximum Gasteiger partial charge on any atom is 0.573 e. The minimum Gasteiger partial charge on any atom is -0.464 e. The second-order valence-corrected chi connectivity index (χ2v) is 5.14. The molecule has 0 aliphatic rings. The Morgan fingerprint density at radius 3 is 2.38 bits per heavy atom. The first-order valence-electron chi connectivity index (χ1n) is 6.12. The normalized spacial score (nSPS) is 11.3. The fourth-order valence-electron chi connectivity index (χ4n) is 1.78. The highest BCUT2D eigenvalue weighted by Crippen LogP contribution is 2.34. The van der Waals surface area contributed by atoms with Crippen molar-refractivity contribution in [3.05, 3.63) is 45.8 Å². The molecule has 1 aromatic heterocycles. The largest absolute Gasteiger partial charge is 0.573 e. The molecule has 2 aromatic rings. The number of carbonyl (C=O) groups is 1. The van der Waals surface area contributed by atoms with E-state index in [-0.39, 0.29) is 27.0 Å². The van der Waals surface area contributed by atoms with Gasteiger partial charge in [0.25, 0.3) is 0 Å². The Labute approximate surface area is 142 Å². The Morgan fingerprint density at radius 2 is 1.83 bits per heavy atom. The Morgan fingerprint density at radius 1 is 1.17 bits per heavy atom. The molecule has 24 heavy (non-hydrogen) atoms. The molecule has 0 aliphatic heterocycles. The van der Waals surface area contributed by atoms with Gasteiger partial charge in [-0.3, -0.25) is 0 Å². The molecule has 1 aromatic carbocycles. The van der Waals surface area contributed by atoms with Gasteiger partial charge in [0.1, 0.15) is 11.4 Å². The fraction of sp³-hybridized carbons (Fsp3) is 0.143. The summed E-state index contributed by atoms with van der Waals surface area (Å²) in [6.07, 6.45) is -4.90. The van der Waals surface area contributed by atoms with Crippen molar-refractivity contribution in [3.8, 4) is 17.0 Å². The molecule has 0 amide bonds. The number of rotatable bonds is 3. The lowest BCUT2D eigenvalue weighted by Gasteiger charge is -2.12. The lowest BCUT2D eigenvalue weighted by atomic mass is 10.1. The molecule has 10 heteroatoms. The third kappa shape index (κ3) is 4.07. The Balaban J connectivity index is 2.50. The van der Waals surface area contributed by atoms with Crippen LogP contribution in [0.1, 0.15) is 10.5 Å². The minimum absolute atomic E-state index is 0.0505. The van der Waals surface area contributed by atoms with E-state index in [9.17, 15) is 22.4 Å². The van der Waals surface area contributed by atoms with Crippen molar-refractivity contribution in [2.24, 2.45) is 0 Å². The highest BCUT2D eigenvalue weighted by Gasteiger charge is 2.31. The van der Waals surface area contributed by atoms with E-state index >= 15 is 0 Å². The number of alkyl halides is 3. The standard InChI is InChI=1S/C14H7Cl2F4NO3/c1-23-13(22)12-9(16)5-10(17)11(21-12)7-3-2-6(4-8(7)15)24-14(18,19)20/h2-5H,1H3. The number of methoxy groups -OCH3 is 1. The van der Waals surface area contributed by atoms with Gasteiger partial charge in [0.2, 0.25) is 0 Å². The van der Waals surface area contributed by atoms with Gasteiger partial charge in [0, 0.05) is 5.56 Å². The Bertz CT molecular complexity index is 796. The van der Waals surface area contributed by atoms with Crippen LogP contribution < -0.4 is 4.74 Å². The lowest BCUT2D eigenvalue weighted by molar-refractivity contribution is -0.274. The lowest BCUT2D eigenvalue weighted by Crippen LogP contribution is -2.17. The van der Waals surface area contributed by atoms with Crippen LogP contribution in [0, 0.1) is 5.82 Å². The van der Waals surface area contributed by atoms with Crippen LogP contribution in [0.2, 0.25) is 10.0 Å². The first-order valence-corrected chi connectivity index (χ1v) is 6.88. The van der Waals surface area contributed by atoms with E-state index in [0.29, 0.717) is 0 Å². The summed E-state index contributed by atoms with van der Waals surface area (Å²) in [7, 11) is 1.08. The molecule has 0 radical (unpaired) electrons. The zero-order valence-corrected chi connectivity index (χ0v) is 13.3. The van der Waals surface area contributed by atoms with Gasteiger partial charge in [0.05, 0.1) is 17.2 Å². The fourth-order valence-corrected chi connectivity index (χ4v) is 2.26. The van der Waals surface area contributed by atoms with Crippen molar-refractivity contribution in [3.63, 3.8) is 0 Å². The first-order chi connectivity index (χ1) is 11.1. The predicted octanol–water partition coefficient (Wildman–Crippen LogP) is 4.88. The van der Waals surface area contributed by atoms with E-state index in [1.54, 1.807) is 0 Å². The molecule has 0 atom stereocenters. The molecule has 0 spiro atoms. The number of carbonyl (C=O) groups excluding carboxylic acids is 1. The highest BCUT2D eigenvalue weighted by atomic mass is 35.5. The average Bonchev–Trinajstić information content (AvgIpc) is 2.46. The number of hydrogen-bond acceptors (Lipinski definition) is 4. The maximum atomic E-state index is 14.1. The smallest absolute Gasteiger partial charge is 0.464 e. The second-order valence-electron chi connectivity index (χ2n) is 4.33. The van der Waals surface area contributed by atoms with Gasteiger partial charge >= 0.3 is 12.3 Å². The van der Waals surface area contributed by atoms with E-state index in [4.69, 9.17) is 23.2 Å². The average molecular weight is 384 g/mol. The monoisotopic (exact) mass is 383 g/mol. The van der Waals surface area contributed by atoms with E-state index in [1.165, 1.54) is 0 Å². The summed E-state index contributed by atoms with van der Waals surface area (Å²) in [5.41, 5.74) is -0.781. The number of nitrogens with zero attached hydrogens (tertiary/aromatic N) is 1. The molecule has 2 rings (SSSR count). The van der Waals surface area contributed by atoms with E-state index in [1.807, 2.05) is 0 Å². The number of ether oxygens (including phenoxy) is 2. The van der Waals surface area contributed by atoms with Crippen molar-refractivity contribution < 1.29 is 31.8 Å². The Hall–Kier alpha value is -2.06. The summed E-state index contributed by atoms with van der Waals surface area (Å²) in [5.74, 6) is -2.41. The molecule has 0 fully saturated rings. The molecule has 1 heterocycles. The van der Waals surface area contributed by atoms with Crippen molar-refractivity contribution in [1.82, 2.24) is 4.98 Å². The van der Waals surface area contributed by atoms with Crippen LogP contribution in [0.15, 0.2) is 24.3 Å². The van der Waals surface area contributed by atoms with E-state index < -0.39 is 23.9 Å². The molecular weight excluding hydrogens is 377 g/mol. The topological polar surface area (TPSA) is 48.4 Å². The summed E-state index contributed by atoms with van der Waals surface area (Å²) >= 11 is 11.6. The molecule has 0 N–H and O–H groups in total. The van der Waals surface area contributed by atoms with Gasteiger partial charge in [-0.1, -0.05) is 23.2 Å². The van der Waals surface area contributed by atoms with Crippen molar-refractivity contribution in [2.75, 3.05) is 7.11 Å². The summed E-state index contributed by atoms with van der Waals surface area (Å²) in [6.45, 7) is 0. The van der Waals surface area contributed by atoms with Crippen molar-refractivity contribution >= 4 is 29.2 Å². The van der Waals surface area contributed by atoms with Crippen molar-refractivity contribution in [2.45, 2.75) is 6.36 Å². The molecule has 0 saturated carbocycles. The van der Waals surface area contributed by atoms with Crippen LogP contribution in [0.5, 0.6) is 5.75 Å². The van der Waals surface area contributed by atoms with Crippen LogP contribution >= 0.6 is 23.2 Å². The van der Waals surface area contributed by atoms with Crippen LogP contribution in [0.25, 0.3) is 11.3 Å². The zero-order chi connectivity index (χ0) is 18.1. The minimum atomic E-state index is -4.90. The van der Waals surface area contributed by atoms with Gasteiger partial charge < -0.3 is 9.47 Å². The van der Waals surface area contributed by atoms with E-state index in [2.05, 4.69) is 14.5 Å². The van der Waals surface area contributed by atoms with Crippen LogP contribution in [0.3, 0.4) is 0 Å². The molecule has 0 unspecified atom stereocenters. The van der Waals surface area contributed by atoms with Gasteiger partial charge in [-0.05, 0) is 24.3 Å². The quantitative estimate of drug-likeness (QED) is 0.559. The third-order valence-electron chi connectivity index (χ3n) is 2.74. The molecule has 4 nitrogen and oxygen atoms in total. The summed E-state index contributed by atoms with van der Waals surface area (Å²) in [6, 6.07) is 3.68. The zero-order valence-electron chi connectivity index (χ0n) is 11.7. The number of esters is 1. The number of aromatic nitrogens is 1. The number of halogens is 6. The molecule has 128 valence electrons. The van der Waals surface area contributed by atoms with Gasteiger partial charge in [-0.15, -0.1) is 13.2 Å². The number of pyridine rings is 1. The first kappa shape index (κ1) is 18.3. The Kier molecular flexibility index (Phi) is 5.19. The molecule has 0 bridgehead atoms. The van der Waals surface area contributed by atoms with Crippen LogP contribution in [0.4, 0.5) is 17.6 Å². The SMILES string of the molecule is COC(=O)c1nc(-c2ccc(OC(F)(F)F)cc2Cl)c(F)cc1Cl. The van der Waals surface area contributed by atoms with Gasteiger partial charge in [-0.2, -0.15) is 0 Å². The van der Waals surface area contributed by atoms with Gasteiger partial charge in [-0.25, -0.2) is 14.2 Å². The maximum absolute atomic E-state index is 14.1. The van der Waals surface area contributed by atoms with E-state index in [0.717, 1.165) is 31.4 Å². The van der Waals surface area contributed by atoms with Crippen molar-refractivity contribution in [1.29, 1.82) is 0 Å². The third-order valence-corrected chi connectivity index (χ3v) is 3.34. The highest BCUT2D eigenvalue weighted by molar-refractivity contribution is 6.34. The molecular formula is C14H7Cl2F4NO3. The number of benzene rings is 1. The summed E-state index contributed by atoms with van der Waals surface area (Å²) < 4.78 is 58.8. The van der Waals surface area contributed by atoms with Gasteiger partial charge in [0.15, 0.2) is 11.5 Å². The predicted molar refractivity (Wildman–Crippen MR) is 77.7 cm³/mol. The number of hydrogen-bond donors (Lipinski definition) is 0. The summed E-state index contributed by atoms with van der Waals surface area (Å²) in [4.78, 5) is 15.3. The summed E-state index contributed by atoms with van der Waals surface area (Å²) in [5, 5.41) is -0.544. The molecule has 0 aliphatic carbocycles.